The van der Waals surface area contributed by atoms with E-state index in [-0.39, 0.29) is 18.1 Å². The Bertz CT molecular complexity index is 714. The van der Waals surface area contributed by atoms with Gasteiger partial charge in [-0.15, -0.1) is 0 Å². The number of hydrogen-bond donors (Lipinski definition) is 1. The summed E-state index contributed by atoms with van der Waals surface area (Å²) >= 11 is 6.04. The zero-order valence-electron chi connectivity index (χ0n) is 12.2. The highest BCUT2D eigenvalue weighted by Gasteiger charge is 2.18. The molecular weight excluding hydrogens is 308 g/mol. The van der Waals surface area contributed by atoms with Crippen LogP contribution in [0.25, 0.3) is 0 Å². The number of aryl methyl sites for hydroxylation is 1. The lowest BCUT2D eigenvalue weighted by molar-refractivity contribution is -0.384. The van der Waals surface area contributed by atoms with Crippen LogP contribution < -0.4 is 0 Å². The van der Waals surface area contributed by atoms with E-state index in [0.717, 1.165) is 12.1 Å². The van der Waals surface area contributed by atoms with E-state index in [4.69, 9.17) is 11.6 Å². The lowest BCUT2D eigenvalue weighted by atomic mass is 10.2. The molecule has 1 aromatic carbocycles. The number of nitro benzene ring substituents is 1. The van der Waals surface area contributed by atoms with Crippen molar-refractivity contribution in [1.29, 1.82) is 0 Å². The van der Waals surface area contributed by atoms with Crippen LogP contribution in [-0.2, 0) is 13.0 Å². The molecule has 2 rings (SSSR count). The first kappa shape index (κ1) is 16.0. The number of nitro groups is 1. The highest BCUT2D eigenvalue weighted by molar-refractivity contribution is 6.31. The van der Waals surface area contributed by atoms with Crippen LogP contribution in [-0.4, -0.2) is 33.0 Å². The van der Waals surface area contributed by atoms with Gasteiger partial charge in [-0.2, -0.15) is 5.10 Å². The van der Waals surface area contributed by atoms with Crippen LogP contribution in [0.3, 0.4) is 0 Å². The van der Waals surface area contributed by atoms with Gasteiger partial charge in [-0.3, -0.25) is 20.0 Å². The minimum Gasteiger partial charge on any atom is -0.336 e. The van der Waals surface area contributed by atoms with Crippen LogP contribution in [0.4, 0.5) is 5.69 Å². The fourth-order valence-electron chi connectivity index (χ4n) is 1.97. The quantitative estimate of drug-likeness (QED) is 0.676. The van der Waals surface area contributed by atoms with Crippen molar-refractivity contribution in [3.05, 3.63) is 56.4 Å². The van der Waals surface area contributed by atoms with Gasteiger partial charge in [0, 0.05) is 36.4 Å². The van der Waals surface area contributed by atoms with E-state index in [1.54, 1.807) is 13.1 Å². The van der Waals surface area contributed by atoms with Crippen molar-refractivity contribution in [3.63, 3.8) is 0 Å². The molecule has 8 heteroatoms. The third-order valence-electron chi connectivity index (χ3n) is 3.23. The molecule has 0 spiro atoms. The second-order valence-electron chi connectivity index (χ2n) is 4.83. The van der Waals surface area contributed by atoms with Crippen molar-refractivity contribution in [2.24, 2.45) is 0 Å². The molecule has 0 saturated carbocycles. The average molecular weight is 323 g/mol. The Morgan fingerprint density at radius 1 is 1.45 bits per heavy atom. The van der Waals surface area contributed by atoms with Gasteiger partial charge >= 0.3 is 0 Å². The largest absolute Gasteiger partial charge is 0.336 e. The summed E-state index contributed by atoms with van der Waals surface area (Å²) in [5.74, 6) is -0.279. The molecule has 22 heavy (non-hydrogen) atoms. The molecule has 1 amide bonds. The first-order valence-corrected chi connectivity index (χ1v) is 7.02. The maximum Gasteiger partial charge on any atom is 0.274 e. The normalized spacial score (nSPS) is 10.5. The van der Waals surface area contributed by atoms with Gasteiger partial charge in [0.2, 0.25) is 0 Å². The summed E-state index contributed by atoms with van der Waals surface area (Å²) in [5, 5.41) is 17.9. The Hall–Kier alpha value is -2.41. The van der Waals surface area contributed by atoms with Crippen molar-refractivity contribution in [3.8, 4) is 0 Å². The third kappa shape index (κ3) is 3.43. The zero-order valence-corrected chi connectivity index (χ0v) is 12.9. The molecule has 0 saturated heterocycles. The Labute approximate surface area is 132 Å². The number of hydrogen-bond acceptors (Lipinski definition) is 4. The van der Waals surface area contributed by atoms with E-state index in [0.29, 0.717) is 16.3 Å². The van der Waals surface area contributed by atoms with Crippen LogP contribution in [0.15, 0.2) is 24.3 Å². The number of H-pyrrole nitrogens is 1. The van der Waals surface area contributed by atoms with Crippen LogP contribution in [0.2, 0.25) is 5.02 Å². The van der Waals surface area contributed by atoms with Crippen molar-refractivity contribution in [2.75, 3.05) is 7.05 Å². The summed E-state index contributed by atoms with van der Waals surface area (Å²) in [6.45, 7) is 2.11. The fourth-order valence-corrected chi connectivity index (χ4v) is 2.15. The molecule has 0 aliphatic carbocycles. The number of carbonyl (C=O) groups excluding carboxylic acids is 1. The fraction of sp³-hybridized carbons (Fsp3) is 0.286. The Balaban J connectivity index is 2.17. The summed E-state index contributed by atoms with van der Waals surface area (Å²) in [5.41, 5.74) is 1.62. The minimum atomic E-state index is -0.497. The average Bonchev–Trinajstić information content (AvgIpc) is 2.97. The molecule has 116 valence electrons. The predicted octanol–water partition coefficient (Wildman–Crippen LogP) is 2.81. The number of aromatic amines is 1. The molecule has 0 aliphatic rings. The summed E-state index contributed by atoms with van der Waals surface area (Å²) in [6.07, 6.45) is 0.751. The molecular formula is C14H15ClN4O3. The number of nitrogens with one attached hydrogen (secondary N) is 1. The highest BCUT2D eigenvalue weighted by atomic mass is 35.5. The molecule has 2 aromatic rings. The second-order valence-corrected chi connectivity index (χ2v) is 5.23. The van der Waals surface area contributed by atoms with E-state index in [9.17, 15) is 14.9 Å². The molecule has 0 unspecified atom stereocenters. The van der Waals surface area contributed by atoms with Crippen LogP contribution in [0.1, 0.15) is 28.7 Å². The Morgan fingerprint density at radius 3 is 2.77 bits per heavy atom. The van der Waals surface area contributed by atoms with Crippen LogP contribution in [0, 0.1) is 10.1 Å². The topological polar surface area (TPSA) is 92.1 Å². The second kappa shape index (κ2) is 6.57. The van der Waals surface area contributed by atoms with Gasteiger partial charge in [0.05, 0.1) is 4.92 Å². The highest BCUT2D eigenvalue weighted by Crippen LogP contribution is 2.23. The first-order valence-electron chi connectivity index (χ1n) is 6.65. The lowest BCUT2D eigenvalue weighted by Gasteiger charge is -2.16. The van der Waals surface area contributed by atoms with Crippen molar-refractivity contribution < 1.29 is 9.72 Å². The molecule has 0 radical (unpaired) electrons. The van der Waals surface area contributed by atoms with Gasteiger partial charge < -0.3 is 4.90 Å². The smallest absolute Gasteiger partial charge is 0.274 e. The first-order chi connectivity index (χ1) is 10.4. The Kier molecular flexibility index (Phi) is 4.77. The number of carbonyl (C=O) groups is 1. The molecule has 7 nitrogen and oxygen atoms in total. The Morgan fingerprint density at radius 2 is 2.18 bits per heavy atom. The van der Waals surface area contributed by atoms with Gasteiger partial charge in [-0.1, -0.05) is 18.5 Å². The minimum absolute atomic E-state index is 0.0618. The summed E-state index contributed by atoms with van der Waals surface area (Å²) in [6, 6.07) is 5.84. The summed E-state index contributed by atoms with van der Waals surface area (Å²) in [7, 11) is 1.60. The molecule has 0 bridgehead atoms. The number of aromatic nitrogens is 2. The van der Waals surface area contributed by atoms with Crippen molar-refractivity contribution >= 4 is 23.2 Å². The monoisotopic (exact) mass is 322 g/mol. The number of rotatable bonds is 5. The maximum atomic E-state index is 12.3. The van der Waals surface area contributed by atoms with E-state index < -0.39 is 4.92 Å². The number of amides is 1. The van der Waals surface area contributed by atoms with Crippen LogP contribution in [0.5, 0.6) is 0 Å². The van der Waals surface area contributed by atoms with Gasteiger partial charge in [0.15, 0.2) is 0 Å². The third-order valence-corrected chi connectivity index (χ3v) is 3.59. The molecule has 1 heterocycles. The van der Waals surface area contributed by atoms with Crippen LogP contribution >= 0.6 is 11.6 Å². The SMILES string of the molecule is CCc1cc(C(=O)N(C)Cc2cc([N+](=O)[O-])ccc2Cl)n[nH]1. The van der Waals surface area contributed by atoms with Crippen molar-refractivity contribution in [1.82, 2.24) is 15.1 Å². The van der Waals surface area contributed by atoms with Gasteiger partial charge in [-0.05, 0) is 24.1 Å². The van der Waals surface area contributed by atoms with E-state index in [1.165, 1.54) is 23.1 Å². The summed E-state index contributed by atoms with van der Waals surface area (Å²) < 4.78 is 0. The standard InChI is InChI=1S/C14H15ClN4O3/c1-3-10-7-13(17-16-10)14(20)18(2)8-9-6-11(19(21)22)4-5-12(9)15/h4-7H,3,8H2,1-2H3,(H,16,17). The number of non-ortho nitro benzene ring substituents is 1. The molecule has 1 N–H and O–H groups in total. The molecule has 0 aliphatic heterocycles. The predicted molar refractivity (Wildman–Crippen MR) is 81.9 cm³/mol. The molecule has 0 atom stereocenters. The maximum absolute atomic E-state index is 12.3. The zero-order chi connectivity index (χ0) is 16.3. The number of nitrogens with zero attached hydrogens (tertiary/aromatic N) is 3. The molecule has 0 fully saturated rings. The van der Waals surface area contributed by atoms with Gasteiger partial charge in [-0.25, -0.2) is 0 Å². The molecule has 1 aromatic heterocycles. The summed E-state index contributed by atoms with van der Waals surface area (Å²) in [4.78, 5) is 24.0. The lowest BCUT2D eigenvalue weighted by Crippen LogP contribution is -2.26. The van der Waals surface area contributed by atoms with E-state index in [1.807, 2.05) is 6.92 Å². The van der Waals surface area contributed by atoms with E-state index >= 15 is 0 Å². The van der Waals surface area contributed by atoms with Gasteiger partial charge in [0.1, 0.15) is 5.69 Å². The number of halogens is 1. The van der Waals surface area contributed by atoms with Crippen molar-refractivity contribution in [2.45, 2.75) is 19.9 Å². The van der Waals surface area contributed by atoms with Gasteiger partial charge in [0.25, 0.3) is 11.6 Å². The number of benzene rings is 1. The van der Waals surface area contributed by atoms with E-state index in [2.05, 4.69) is 10.2 Å².